The maximum Gasteiger partial charge on any atom is 0.338 e. The number of urea groups is 1. The second kappa shape index (κ2) is 8.21. The van der Waals surface area contributed by atoms with E-state index in [1.807, 2.05) is 31.2 Å². The number of hydrogen-bond donors (Lipinski definition) is 2. The van der Waals surface area contributed by atoms with Crippen LogP contribution in [0.1, 0.15) is 24.1 Å². The molecule has 0 radical (unpaired) electrons. The van der Waals surface area contributed by atoms with Gasteiger partial charge in [0, 0.05) is 18.5 Å². The first-order valence-corrected chi connectivity index (χ1v) is 9.38. The summed E-state index contributed by atoms with van der Waals surface area (Å²) in [5, 5.41) is 17.4. The lowest BCUT2D eigenvalue weighted by Gasteiger charge is -2.30. The summed E-state index contributed by atoms with van der Waals surface area (Å²) in [5.41, 5.74) is 2.68. The van der Waals surface area contributed by atoms with Crippen LogP contribution >= 0.6 is 11.8 Å². The van der Waals surface area contributed by atoms with Crippen LogP contribution in [0.15, 0.2) is 40.7 Å². The Morgan fingerprint density at radius 1 is 1.37 bits per heavy atom. The summed E-state index contributed by atoms with van der Waals surface area (Å²) >= 11 is 1.32. The van der Waals surface area contributed by atoms with Gasteiger partial charge in [-0.2, -0.15) is 0 Å². The number of carbonyl (C=O) groups excluding carboxylic acids is 2. The van der Waals surface area contributed by atoms with Gasteiger partial charge < -0.3 is 15.4 Å². The van der Waals surface area contributed by atoms with Gasteiger partial charge in [0.15, 0.2) is 0 Å². The Kier molecular flexibility index (Phi) is 5.75. The van der Waals surface area contributed by atoms with Crippen molar-refractivity contribution in [1.82, 2.24) is 30.8 Å². The highest BCUT2D eigenvalue weighted by molar-refractivity contribution is 7.99. The monoisotopic (exact) mass is 388 g/mol. The van der Waals surface area contributed by atoms with Crippen LogP contribution in [0, 0.1) is 6.92 Å². The van der Waals surface area contributed by atoms with Crippen molar-refractivity contribution in [3.63, 3.8) is 0 Å². The van der Waals surface area contributed by atoms with E-state index < -0.39 is 12.0 Å². The van der Waals surface area contributed by atoms with E-state index in [1.165, 1.54) is 16.4 Å². The normalized spacial score (nSPS) is 16.7. The molecule has 0 saturated carbocycles. The van der Waals surface area contributed by atoms with E-state index in [2.05, 4.69) is 26.2 Å². The fourth-order valence-electron chi connectivity index (χ4n) is 2.81. The average Bonchev–Trinajstić information content (AvgIpc) is 3.05. The maximum atomic E-state index is 12.7. The molecule has 0 fully saturated rings. The summed E-state index contributed by atoms with van der Waals surface area (Å²) < 4.78 is 6.78. The second-order valence-electron chi connectivity index (χ2n) is 5.87. The van der Waals surface area contributed by atoms with Gasteiger partial charge in [0.05, 0.1) is 18.2 Å². The minimum absolute atomic E-state index is 0.240. The van der Waals surface area contributed by atoms with Crippen LogP contribution in [0.2, 0.25) is 0 Å². The third-order valence-corrected chi connectivity index (χ3v) is 5.11. The van der Waals surface area contributed by atoms with Crippen molar-refractivity contribution in [2.24, 2.45) is 7.05 Å². The highest BCUT2D eigenvalue weighted by Crippen LogP contribution is 2.31. The number of ether oxygens (including phenoxy) is 1. The van der Waals surface area contributed by atoms with Crippen LogP contribution in [0.25, 0.3) is 0 Å². The number of hydrogen-bond acceptors (Lipinski definition) is 7. The molecular formula is C17H20N6O3S. The van der Waals surface area contributed by atoms with Crippen LogP contribution in [-0.2, 0) is 16.6 Å². The van der Waals surface area contributed by atoms with Gasteiger partial charge in [0.25, 0.3) is 0 Å². The van der Waals surface area contributed by atoms with Crippen LogP contribution in [0.4, 0.5) is 4.79 Å². The summed E-state index contributed by atoms with van der Waals surface area (Å²) in [6.07, 6.45) is 0. The number of nitrogens with one attached hydrogen (secondary N) is 2. The van der Waals surface area contributed by atoms with E-state index in [0.717, 1.165) is 11.1 Å². The number of tetrazole rings is 1. The first kappa shape index (κ1) is 18.9. The first-order valence-electron chi connectivity index (χ1n) is 8.39. The molecule has 1 atom stereocenters. The van der Waals surface area contributed by atoms with E-state index in [-0.39, 0.29) is 12.6 Å². The second-order valence-corrected chi connectivity index (χ2v) is 6.82. The molecular weight excluding hydrogens is 368 g/mol. The molecule has 0 unspecified atom stereocenters. The van der Waals surface area contributed by atoms with Gasteiger partial charge in [-0.3, -0.25) is 0 Å². The quantitative estimate of drug-likeness (QED) is 0.569. The molecule has 1 aliphatic heterocycles. The number of benzene rings is 1. The molecule has 1 aromatic heterocycles. The number of thioether (sulfide) groups is 1. The summed E-state index contributed by atoms with van der Waals surface area (Å²) in [7, 11) is 1.72. The molecule has 10 heteroatoms. The zero-order valence-corrected chi connectivity index (χ0v) is 16.0. The van der Waals surface area contributed by atoms with Crippen molar-refractivity contribution in [3.8, 4) is 0 Å². The van der Waals surface area contributed by atoms with Crippen molar-refractivity contribution in [2.75, 3.05) is 12.4 Å². The molecule has 2 amide bonds. The third kappa shape index (κ3) is 4.11. The molecule has 0 spiro atoms. The minimum Gasteiger partial charge on any atom is -0.463 e. The zero-order valence-electron chi connectivity index (χ0n) is 15.2. The lowest BCUT2D eigenvalue weighted by Crippen LogP contribution is -2.46. The molecule has 0 bridgehead atoms. The Balaban J connectivity index is 2.00. The molecule has 9 nitrogen and oxygen atoms in total. The van der Waals surface area contributed by atoms with Gasteiger partial charge in [-0.05, 0) is 35.4 Å². The van der Waals surface area contributed by atoms with Crippen molar-refractivity contribution in [2.45, 2.75) is 25.0 Å². The molecule has 2 heterocycles. The third-order valence-electron chi connectivity index (χ3n) is 4.08. The van der Waals surface area contributed by atoms with E-state index in [0.29, 0.717) is 22.2 Å². The summed E-state index contributed by atoms with van der Waals surface area (Å²) in [4.78, 5) is 25.0. The average molecular weight is 388 g/mol. The SMILES string of the molecule is CCOC(=O)C1=C(CSc2nnnn2C)NC(=O)N[C@H]1c1ccccc1C. The predicted molar refractivity (Wildman–Crippen MR) is 98.8 cm³/mol. The Morgan fingerprint density at radius 2 is 2.15 bits per heavy atom. The Bertz CT molecular complexity index is 894. The summed E-state index contributed by atoms with van der Waals surface area (Å²) in [6, 6.07) is 6.65. The van der Waals surface area contributed by atoms with E-state index in [9.17, 15) is 9.59 Å². The molecule has 0 aliphatic carbocycles. The van der Waals surface area contributed by atoms with Crippen LogP contribution < -0.4 is 10.6 Å². The molecule has 1 aliphatic rings. The van der Waals surface area contributed by atoms with Crippen molar-refractivity contribution < 1.29 is 14.3 Å². The van der Waals surface area contributed by atoms with Crippen molar-refractivity contribution in [1.29, 1.82) is 0 Å². The zero-order chi connectivity index (χ0) is 19.4. The number of amides is 2. The largest absolute Gasteiger partial charge is 0.463 e. The number of aromatic nitrogens is 4. The van der Waals surface area contributed by atoms with Crippen molar-refractivity contribution in [3.05, 3.63) is 46.7 Å². The van der Waals surface area contributed by atoms with Crippen LogP contribution in [0.3, 0.4) is 0 Å². The van der Waals surface area contributed by atoms with Gasteiger partial charge in [-0.1, -0.05) is 36.0 Å². The minimum atomic E-state index is -0.591. The van der Waals surface area contributed by atoms with Gasteiger partial charge >= 0.3 is 12.0 Å². The van der Waals surface area contributed by atoms with Gasteiger partial charge in [-0.25, -0.2) is 14.3 Å². The maximum absolute atomic E-state index is 12.7. The van der Waals surface area contributed by atoms with Gasteiger partial charge in [0.1, 0.15) is 0 Å². The van der Waals surface area contributed by atoms with E-state index in [4.69, 9.17) is 4.74 Å². The fraction of sp³-hybridized carbons (Fsp3) is 0.353. The number of esters is 1. The highest BCUT2D eigenvalue weighted by Gasteiger charge is 2.34. The standard InChI is InChI=1S/C17H20N6O3S/c1-4-26-15(24)13-12(9-27-17-20-21-22-23(17)3)18-16(25)19-14(13)11-8-6-5-7-10(11)2/h5-8,14H,4,9H2,1-3H3,(H2,18,19,25)/t14-/m0/s1. The number of carbonyl (C=O) groups is 2. The fourth-order valence-corrected chi connectivity index (χ4v) is 3.62. The molecule has 3 rings (SSSR count). The summed E-state index contributed by atoms with van der Waals surface area (Å²) in [5.74, 6) is -0.150. The number of nitrogens with zero attached hydrogens (tertiary/aromatic N) is 4. The lowest BCUT2D eigenvalue weighted by atomic mass is 9.92. The van der Waals surface area contributed by atoms with Gasteiger partial charge in [0.2, 0.25) is 5.16 Å². The smallest absolute Gasteiger partial charge is 0.338 e. The molecule has 0 saturated heterocycles. The molecule has 27 heavy (non-hydrogen) atoms. The topological polar surface area (TPSA) is 111 Å². The van der Waals surface area contributed by atoms with E-state index in [1.54, 1.807) is 14.0 Å². The van der Waals surface area contributed by atoms with Crippen molar-refractivity contribution >= 4 is 23.8 Å². The number of rotatable bonds is 6. The molecule has 2 N–H and O–H groups in total. The molecule has 2 aromatic rings. The molecule has 1 aromatic carbocycles. The Hall–Kier alpha value is -2.88. The first-order chi connectivity index (χ1) is 13.0. The molecule has 142 valence electrons. The van der Waals surface area contributed by atoms with Crippen LogP contribution in [-0.4, -0.2) is 44.6 Å². The predicted octanol–water partition coefficient (Wildman–Crippen LogP) is 1.48. The highest BCUT2D eigenvalue weighted by atomic mass is 32.2. The Labute approximate surface area is 160 Å². The summed E-state index contributed by atoms with van der Waals surface area (Å²) in [6.45, 7) is 3.92. The van der Waals surface area contributed by atoms with E-state index >= 15 is 0 Å². The lowest BCUT2D eigenvalue weighted by molar-refractivity contribution is -0.139. The van der Waals surface area contributed by atoms with Crippen LogP contribution in [0.5, 0.6) is 0 Å². The van der Waals surface area contributed by atoms with Gasteiger partial charge in [-0.15, -0.1) is 5.10 Å². The number of aryl methyl sites for hydroxylation is 2. The Morgan fingerprint density at radius 3 is 2.81 bits per heavy atom.